The number of rotatable bonds is 9. The molecule has 0 atom stereocenters. The van der Waals surface area contributed by atoms with E-state index in [1.807, 2.05) is 91.9 Å². The van der Waals surface area contributed by atoms with Crippen molar-refractivity contribution in [2.45, 2.75) is 107 Å². The van der Waals surface area contributed by atoms with Gasteiger partial charge in [-0.15, -0.1) is 0 Å². The summed E-state index contributed by atoms with van der Waals surface area (Å²) >= 11 is 0. The Balaban J connectivity index is 0.000000194. The lowest BCUT2D eigenvalue weighted by atomic mass is 10.1. The monoisotopic (exact) mass is 950 g/mol. The molecule has 2 aromatic heterocycles. The third kappa shape index (κ3) is 13.6. The molecule has 5 amide bonds. The molecule has 0 aliphatic carbocycles. The maximum absolute atomic E-state index is 12.7. The largest absolute Gasteiger partial charge is 0.443 e. The molecular formula is C51H71N11O7. The Labute approximate surface area is 406 Å². The number of urea groups is 1. The molecule has 69 heavy (non-hydrogen) atoms. The number of anilines is 6. The number of benzene rings is 3. The first-order chi connectivity index (χ1) is 32.4. The van der Waals surface area contributed by atoms with Gasteiger partial charge in [0.2, 0.25) is 0 Å². The normalized spacial score (nSPS) is 13.3. The van der Waals surface area contributed by atoms with Crippen LogP contribution in [0.3, 0.4) is 0 Å². The van der Waals surface area contributed by atoms with Gasteiger partial charge in [-0.05, 0) is 135 Å². The maximum Gasteiger partial charge on any atom is 0.414 e. The van der Waals surface area contributed by atoms with E-state index >= 15 is 0 Å². The van der Waals surface area contributed by atoms with Crippen LogP contribution in [-0.4, -0.2) is 101 Å². The van der Waals surface area contributed by atoms with Gasteiger partial charge in [-0.3, -0.25) is 29.0 Å². The van der Waals surface area contributed by atoms with Gasteiger partial charge >= 0.3 is 24.2 Å². The van der Waals surface area contributed by atoms with Crippen molar-refractivity contribution in [3.63, 3.8) is 0 Å². The van der Waals surface area contributed by atoms with E-state index in [1.165, 1.54) is 34.8 Å². The average molecular weight is 950 g/mol. The standard InChI is InChI=1S/C19H24N4O3.C16H21N5O2.C15H22N2O2.CH4/c1-5-22(17(24)21-11-9-20-13-21)15-7-6-14-8-10-23(16(14)12-15)18(25)26-19(2,3)4;1-3-21(16(22)19-23-2)14-5-4-12-6-7-20(15(12)8-14)10-13-9-17-11-18-13;1-5-16-12-7-6-11-8-9-17(13(11)10-12)14(18)19-15(2,3)4;/h6-7,9,11-13H,5,8,10H2,1-4H3;4-5,8-9,11H,3,6-7,10H2,1-2H3,(H,17,18)(H,19,22);6-7,10,16H,5,8-9H2,1-4H3;1H4. The molecule has 0 fully saturated rings. The number of amides is 5. The molecule has 18 heteroatoms. The van der Waals surface area contributed by atoms with Gasteiger partial charge in [0.05, 0.1) is 37.1 Å². The van der Waals surface area contributed by atoms with E-state index in [2.05, 4.69) is 61.8 Å². The smallest absolute Gasteiger partial charge is 0.414 e. The fourth-order valence-corrected chi connectivity index (χ4v) is 8.11. The summed E-state index contributed by atoms with van der Waals surface area (Å²) in [4.78, 5) is 74.3. The lowest BCUT2D eigenvalue weighted by molar-refractivity contribution is 0.0573. The molecule has 5 heterocycles. The molecule has 3 aliphatic rings. The van der Waals surface area contributed by atoms with E-state index < -0.39 is 11.2 Å². The third-order valence-corrected chi connectivity index (χ3v) is 11.2. The second-order valence-corrected chi connectivity index (χ2v) is 18.4. The fourth-order valence-electron chi connectivity index (χ4n) is 8.11. The minimum atomic E-state index is -0.551. The molecular weight excluding hydrogens is 879 g/mol. The number of ether oxygens (including phenoxy) is 2. The van der Waals surface area contributed by atoms with Gasteiger partial charge in [0.1, 0.15) is 17.5 Å². The number of hydrogen-bond donors (Lipinski definition) is 3. The number of nitrogens with zero attached hydrogens (tertiary/aromatic N) is 8. The SMILES string of the molecule is C.CCN(C(=O)NOC)c1ccc2c(c1)N(Cc1cnc[nH]1)CC2.CCN(C(=O)n1ccnc1)c1ccc2c(c1)N(C(=O)OC(C)(C)C)CC2.CCNc1ccc2c(c1)N(C(=O)OC(C)(C)C)CC2. The van der Waals surface area contributed by atoms with Crippen molar-refractivity contribution in [2.24, 2.45) is 0 Å². The van der Waals surface area contributed by atoms with Gasteiger partial charge < -0.3 is 24.7 Å². The molecule has 0 radical (unpaired) electrons. The third-order valence-electron chi connectivity index (χ3n) is 11.2. The van der Waals surface area contributed by atoms with E-state index in [1.54, 1.807) is 38.3 Å². The van der Waals surface area contributed by atoms with Crippen LogP contribution in [0.4, 0.5) is 53.3 Å². The van der Waals surface area contributed by atoms with Crippen LogP contribution in [-0.2, 0) is 40.1 Å². The molecule has 0 spiro atoms. The lowest BCUT2D eigenvalue weighted by Crippen LogP contribution is -2.39. The van der Waals surface area contributed by atoms with Crippen LogP contribution in [0.5, 0.6) is 0 Å². The Morgan fingerprint density at radius 1 is 0.725 bits per heavy atom. The van der Waals surface area contributed by atoms with Crippen LogP contribution >= 0.6 is 0 Å². The van der Waals surface area contributed by atoms with Crippen LogP contribution in [0.15, 0.2) is 85.8 Å². The fraction of sp³-hybridized carbons (Fsp3) is 0.451. The molecule has 0 unspecified atom stereocenters. The van der Waals surface area contributed by atoms with E-state index in [-0.39, 0.29) is 31.7 Å². The minimum absolute atomic E-state index is 0. The number of aromatic nitrogens is 4. The number of nitrogens with one attached hydrogen (secondary N) is 3. The Morgan fingerprint density at radius 2 is 1.28 bits per heavy atom. The predicted octanol–water partition coefficient (Wildman–Crippen LogP) is 9.80. The van der Waals surface area contributed by atoms with Crippen molar-refractivity contribution in [3.05, 3.63) is 108 Å². The van der Waals surface area contributed by atoms with Crippen LogP contribution in [0.2, 0.25) is 0 Å². The van der Waals surface area contributed by atoms with Gasteiger partial charge in [-0.25, -0.2) is 34.6 Å². The predicted molar refractivity (Wildman–Crippen MR) is 273 cm³/mol. The summed E-state index contributed by atoms with van der Waals surface area (Å²) in [6, 6.07) is 17.6. The van der Waals surface area contributed by atoms with Gasteiger partial charge in [0, 0.05) is 80.6 Å². The minimum Gasteiger partial charge on any atom is -0.443 e. The molecule has 5 aromatic rings. The number of hydroxylamine groups is 1. The van der Waals surface area contributed by atoms with Crippen LogP contribution in [0.1, 0.15) is 92.1 Å². The zero-order valence-electron chi connectivity index (χ0n) is 41.1. The van der Waals surface area contributed by atoms with Gasteiger partial charge in [-0.1, -0.05) is 25.6 Å². The highest BCUT2D eigenvalue weighted by atomic mass is 16.6. The lowest BCUT2D eigenvalue weighted by Gasteiger charge is -2.26. The van der Waals surface area contributed by atoms with Crippen LogP contribution in [0, 0.1) is 0 Å². The zero-order chi connectivity index (χ0) is 49.2. The summed E-state index contributed by atoms with van der Waals surface area (Å²) < 4.78 is 12.4. The van der Waals surface area contributed by atoms with E-state index in [0.717, 1.165) is 78.6 Å². The van der Waals surface area contributed by atoms with E-state index in [4.69, 9.17) is 14.3 Å². The average Bonchev–Trinajstić information content (AvgIpc) is 4.15. The number of carbonyl (C=O) groups is 4. The van der Waals surface area contributed by atoms with Crippen LogP contribution < -0.4 is 35.3 Å². The molecule has 0 saturated heterocycles. The summed E-state index contributed by atoms with van der Waals surface area (Å²) in [6.45, 7) is 22.1. The Kier molecular flexibility index (Phi) is 17.8. The number of carbonyl (C=O) groups excluding carboxylic acids is 4. The van der Waals surface area contributed by atoms with Crippen molar-refractivity contribution in [1.29, 1.82) is 0 Å². The highest BCUT2D eigenvalue weighted by Crippen LogP contribution is 2.36. The highest BCUT2D eigenvalue weighted by molar-refractivity contribution is 5.97. The first-order valence-corrected chi connectivity index (χ1v) is 23.2. The maximum atomic E-state index is 12.7. The Morgan fingerprint density at radius 3 is 1.80 bits per heavy atom. The molecule has 3 N–H and O–H groups in total. The molecule has 18 nitrogen and oxygen atoms in total. The summed E-state index contributed by atoms with van der Waals surface area (Å²) in [5, 5.41) is 3.27. The summed E-state index contributed by atoms with van der Waals surface area (Å²) in [6.07, 6.45) is 10.2. The number of imidazole rings is 2. The summed E-state index contributed by atoms with van der Waals surface area (Å²) in [7, 11) is 1.43. The zero-order valence-corrected chi connectivity index (χ0v) is 41.1. The molecule has 372 valence electrons. The van der Waals surface area contributed by atoms with Crippen molar-refractivity contribution in [1.82, 2.24) is 25.0 Å². The molecule has 0 saturated carbocycles. The van der Waals surface area contributed by atoms with E-state index in [0.29, 0.717) is 26.2 Å². The van der Waals surface area contributed by atoms with Crippen molar-refractivity contribution in [3.8, 4) is 0 Å². The highest BCUT2D eigenvalue weighted by Gasteiger charge is 2.31. The number of hydrogen-bond acceptors (Lipinski definition) is 11. The molecule has 8 rings (SSSR count). The van der Waals surface area contributed by atoms with Crippen molar-refractivity contribution >= 4 is 58.4 Å². The first-order valence-electron chi connectivity index (χ1n) is 23.2. The molecule has 3 aromatic carbocycles. The van der Waals surface area contributed by atoms with Gasteiger partial charge in [0.25, 0.3) is 0 Å². The second kappa shape index (κ2) is 23.3. The topological polar surface area (TPSA) is 183 Å². The van der Waals surface area contributed by atoms with Gasteiger partial charge in [-0.2, -0.15) is 0 Å². The number of fused-ring (bicyclic) bond motifs is 3. The Bertz CT molecular complexity index is 2500. The second-order valence-electron chi connectivity index (χ2n) is 18.4. The summed E-state index contributed by atoms with van der Waals surface area (Å²) in [5.74, 6) is 0. The van der Waals surface area contributed by atoms with Crippen molar-refractivity contribution < 1.29 is 33.5 Å². The summed E-state index contributed by atoms with van der Waals surface area (Å²) in [5.41, 5.74) is 11.6. The Hall–Kier alpha value is -7.08. The first kappa shape index (κ1) is 52.9. The molecule has 0 bridgehead atoms. The quantitative estimate of drug-likeness (QED) is 0.120. The van der Waals surface area contributed by atoms with E-state index in [9.17, 15) is 19.2 Å². The van der Waals surface area contributed by atoms with Gasteiger partial charge in [0.15, 0.2) is 0 Å². The molecule has 3 aliphatic heterocycles. The number of H-pyrrole nitrogens is 1. The number of aromatic amines is 1. The van der Waals surface area contributed by atoms with Crippen molar-refractivity contribution in [2.75, 3.05) is 76.2 Å². The van der Waals surface area contributed by atoms with Crippen LogP contribution in [0.25, 0.3) is 0 Å².